The average molecular weight is 685 g/mol. The molecule has 1 aliphatic rings. The maximum atomic E-state index is 13.9. The third-order valence-electron chi connectivity index (χ3n) is 8.37. The summed E-state index contributed by atoms with van der Waals surface area (Å²) in [5, 5.41) is 16.5. The van der Waals surface area contributed by atoms with Gasteiger partial charge in [-0.25, -0.2) is 0 Å². The first kappa shape index (κ1) is 37.9. The zero-order valence-electron chi connectivity index (χ0n) is 27.2. The van der Waals surface area contributed by atoms with Crippen molar-refractivity contribution >= 4 is 63.6 Å². The Morgan fingerprint density at radius 1 is 1.00 bits per heavy atom. The molecule has 7 N–H and O–H groups in total. The fourth-order valence-corrected chi connectivity index (χ4v) is 5.94. The molecule has 0 aromatic heterocycles. The monoisotopic (exact) mass is 684 g/mol. The van der Waals surface area contributed by atoms with Crippen molar-refractivity contribution < 1.29 is 33.9 Å². The number of carboxylic acids is 1. The zero-order chi connectivity index (χ0) is 35.2. The van der Waals surface area contributed by atoms with Gasteiger partial charge in [-0.1, -0.05) is 42.5 Å². The topological polar surface area (TPSA) is 214 Å². The number of nitrogens with two attached hydrogens (primary N) is 2. The van der Waals surface area contributed by atoms with Crippen LogP contribution in [-0.4, -0.2) is 88.3 Å². The SMILES string of the molecule is CC(N)=NCCC[C@H](CC(=O)[C@H](Cc1ccc2ccccc2c1)NC(=O)[C@@H]1CCCCN1C(=O)[C@H](CCC(=O)O)NC(=O)CCl)C(N)=O. The normalized spacial score (nSPS) is 16.8. The first-order valence-corrected chi connectivity index (χ1v) is 16.7. The van der Waals surface area contributed by atoms with Crippen LogP contribution in [0.3, 0.4) is 0 Å². The number of alkyl halides is 1. The minimum atomic E-state index is -1.19. The largest absolute Gasteiger partial charge is 0.481 e. The number of primary amides is 1. The summed E-state index contributed by atoms with van der Waals surface area (Å²) in [5.74, 6) is -4.78. The second kappa shape index (κ2) is 18.7. The number of hydrogen-bond acceptors (Lipinski definition) is 7. The number of amidine groups is 1. The van der Waals surface area contributed by atoms with E-state index in [1.807, 2.05) is 42.5 Å². The van der Waals surface area contributed by atoms with E-state index in [2.05, 4.69) is 15.6 Å². The van der Waals surface area contributed by atoms with E-state index in [0.717, 1.165) is 16.3 Å². The Labute approximate surface area is 284 Å². The molecule has 1 aliphatic heterocycles. The van der Waals surface area contributed by atoms with Crippen LogP contribution in [0.1, 0.15) is 63.9 Å². The highest BCUT2D eigenvalue weighted by Crippen LogP contribution is 2.22. The number of nitrogens with zero attached hydrogens (tertiary/aromatic N) is 2. The lowest BCUT2D eigenvalue weighted by atomic mass is 9.90. The van der Waals surface area contributed by atoms with Gasteiger partial charge < -0.3 is 32.1 Å². The third kappa shape index (κ3) is 11.6. The smallest absolute Gasteiger partial charge is 0.303 e. The van der Waals surface area contributed by atoms with Gasteiger partial charge in [0.1, 0.15) is 18.0 Å². The number of benzene rings is 2. The molecular formula is C34H45ClN6O7. The number of hydrogen-bond donors (Lipinski definition) is 5. The van der Waals surface area contributed by atoms with E-state index < -0.39 is 59.5 Å². The number of aliphatic carboxylic acids is 1. The Bertz CT molecular complexity index is 1510. The van der Waals surface area contributed by atoms with Crippen LogP contribution in [0.2, 0.25) is 0 Å². The van der Waals surface area contributed by atoms with Crippen molar-refractivity contribution in [1.29, 1.82) is 0 Å². The van der Waals surface area contributed by atoms with Crippen LogP contribution in [0, 0.1) is 5.92 Å². The molecule has 13 nitrogen and oxygen atoms in total. The van der Waals surface area contributed by atoms with E-state index in [1.54, 1.807) is 6.92 Å². The molecule has 0 radical (unpaired) electrons. The van der Waals surface area contributed by atoms with Crippen LogP contribution in [-0.2, 0) is 35.2 Å². The van der Waals surface area contributed by atoms with Crippen LogP contribution < -0.4 is 22.1 Å². The number of likely N-dealkylation sites (tertiary alicyclic amines) is 1. The number of aliphatic imine (C=N–C) groups is 1. The summed E-state index contributed by atoms with van der Waals surface area (Å²) >= 11 is 5.63. The molecule has 1 saturated heterocycles. The number of rotatable bonds is 18. The summed E-state index contributed by atoms with van der Waals surface area (Å²) in [6, 6.07) is 10.3. The van der Waals surface area contributed by atoms with Gasteiger partial charge in [0.05, 0.1) is 11.9 Å². The van der Waals surface area contributed by atoms with Crippen molar-refractivity contribution in [3.63, 3.8) is 0 Å². The maximum Gasteiger partial charge on any atom is 0.303 e. The number of nitrogens with one attached hydrogen (secondary N) is 2. The van der Waals surface area contributed by atoms with Crippen LogP contribution in [0.15, 0.2) is 47.5 Å². The van der Waals surface area contributed by atoms with E-state index in [1.165, 1.54) is 4.90 Å². The molecule has 0 spiro atoms. The number of carbonyl (C=O) groups is 6. The quantitative estimate of drug-likeness (QED) is 0.0676. The fraction of sp³-hybridized carbons (Fsp3) is 0.500. The number of carboxylic acid groups (broad SMARTS) is 1. The van der Waals surface area contributed by atoms with Gasteiger partial charge >= 0.3 is 5.97 Å². The molecule has 0 saturated carbocycles. The van der Waals surface area contributed by atoms with Crippen molar-refractivity contribution in [2.24, 2.45) is 22.4 Å². The first-order chi connectivity index (χ1) is 22.9. The molecule has 2 aromatic carbocycles. The maximum absolute atomic E-state index is 13.9. The lowest BCUT2D eigenvalue weighted by molar-refractivity contribution is -0.146. The summed E-state index contributed by atoms with van der Waals surface area (Å²) in [4.78, 5) is 82.5. The molecular weight excluding hydrogens is 640 g/mol. The number of piperidine rings is 1. The van der Waals surface area contributed by atoms with Crippen LogP contribution in [0.5, 0.6) is 0 Å². The van der Waals surface area contributed by atoms with E-state index in [-0.39, 0.29) is 38.0 Å². The van der Waals surface area contributed by atoms with Crippen molar-refractivity contribution in [2.45, 2.75) is 82.8 Å². The molecule has 1 fully saturated rings. The van der Waals surface area contributed by atoms with Crippen LogP contribution >= 0.6 is 11.6 Å². The fourth-order valence-electron chi connectivity index (χ4n) is 5.86. The second-order valence-corrected chi connectivity index (χ2v) is 12.4. The Hall–Kier alpha value is -4.52. The molecule has 4 atom stereocenters. The minimum absolute atomic E-state index is 0.130. The van der Waals surface area contributed by atoms with Crippen molar-refractivity contribution in [2.75, 3.05) is 19.0 Å². The van der Waals surface area contributed by atoms with Crippen LogP contribution in [0.4, 0.5) is 0 Å². The van der Waals surface area contributed by atoms with Gasteiger partial charge in [0.15, 0.2) is 5.78 Å². The van der Waals surface area contributed by atoms with Crippen molar-refractivity contribution in [3.05, 3.63) is 48.0 Å². The van der Waals surface area contributed by atoms with E-state index in [0.29, 0.717) is 44.5 Å². The number of ketones is 1. The summed E-state index contributed by atoms with van der Waals surface area (Å²) in [7, 11) is 0. The summed E-state index contributed by atoms with van der Waals surface area (Å²) in [5.41, 5.74) is 12.0. The van der Waals surface area contributed by atoms with E-state index >= 15 is 0 Å². The summed E-state index contributed by atoms with van der Waals surface area (Å²) in [6.07, 6.45) is 1.69. The van der Waals surface area contributed by atoms with Gasteiger partial charge in [-0.15, -0.1) is 11.6 Å². The molecule has 4 amide bonds. The molecule has 0 unspecified atom stereocenters. The molecule has 1 heterocycles. The Balaban J connectivity index is 1.86. The Morgan fingerprint density at radius 2 is 1.73 bits per heavy atom. The number of amides is 4. The van der Waals surface area contributed by atoms with Gasteiger partial charge in [0.2, 0.25) is 23.6 Å². The van der Waals surface area contributed by atoms with Gasteiger partial charge in [-0.3, -0.25) is 33.8 Å². The second-order valence-electron chi connectivity index (χ2n) is 12.1. The Morgan fingerprint density at radius 3 is 2.40 bits per heavy atom. The number of Topliss-reactive ketones (excluding diaryl/α,β-unsaturated/α-hetero) is 1. The summed E-state index contributed by atoms with van der Waals surface area (Å²) in [6.45, 7) is 2.24. The molecule has 2 aromatic rings. The lowest BCUT2D eigenvalue weighted by Crippen LogP contribution is -2.59. The predicted molar refractivity (Wildman–Crippen MR) is 182 cm³/mol. The molecule has 0 aliphatic carbocycles. The molecule has 0 bridgehead atoms. The molecule has 260 valence electrons. The van der Waals surface area contributed by atoms with E-state index in [4.69, 9.17) is 23.1 Å². The lowest BCUT2D eigenvalue weighted by Gasteiger charge is -2.37. The third-order valence-corrected chi connectivity index (χ3v) is 8.61. The highest BCUT2D eigenvalue weighted by molar-refractivity contribution is 6.27. The van der Waals surface area contributed by atoms with Gasteiger partial charge in [0.25, 0.3) is 0 Å². The number of fused-ring (bicyclic) bond motifs is 1. The molecule has 14 heteroatoms. The molecule has 3 rings (SSSR count). The van der Waals surface area contributed by atoms with Gasteiger partial charge in [0, 0.05) is 31.8 Å². The van der Waals surface area contributed by atoms with E-state index in [9.17, 15) is 33.9 Å². The van der Waals surface area contributed by atoms with Crippen molar-refractivity contribution in [1.82, 2.24) is 15.5 Å². The van der Waals surface area contributed by atoms with Crippen LogP contribution in [0.25, 0.3) is 10.8 Å². The average Bonchev–Trinajstić information content (AvgIpc) is 3.06. The van der Waals surface area contributed by atoms with Gasteiger partial charge in [-0.2, -0.15) is 0 Å². The Kier molecular flexibility index (Phi) is 14.8. The zero-order valence-corrected chi connectivity index (χ0v) is 27.9. The minimum Gasteiger partial charge on any atom is -0.481 e. The number of halogens is 1. The highest BCUT2D eigenvalue weighted by Gasteiger charge is 2.38. The number of carbonyl (C=O) groups excluding carboxylic acids is 5. The summed E-state index contributed by atoms with van der Waals surface area (Å²) < 4.78 is 0. The van der Waals surface area contributed by atoms with Crippen molar-refractivity contribution in [3.8, 4) is 0 Å². The predicted octanol–water partition coefficient (Wildman–Crippen LogP) is 2.05. The van der Waals surface area contributed by atoms with Gasteiger partial charge in [-0.05, 0) is 68.2 Å². The molecule has 48 heavy (non-hydrogen) atoms. The standard InChI is InChI=1S/C34H45ClN6O7/c1-21(36)38-15-6-9-25(32(37)46)19-29(42)27(18-22-11-12-23-7-2-3-8-24(23)17-22)40-33(47)28-10-4-5-16-41(28)34(48)26(13-14-31(44)45)39-30(43)20-35/h2-3,7-8,11-12,17,25-28H,4-6,9-10,13-16,18-20H2,1H3,(H2,36,38)(H2,37,46)(H,39,43)(H,40,47)(H,44,45)/t25-,26+,27+,28+/m1/s1. The first-order valence-electron chi connectivity index (χ1n) is 16.1. The highest BCUT2D eigenvalue weighted by atomic mass is 35.5.